The molecule has 2 N–H and O–H groups in total. The van der Waals surface area contributed by atoms with E-state index < -0.39 is 0 Å². The van der Waals surface area contributed by atoms with Crippen LogP contribution in [0.3, 0.4) is 0 Å². The second-order valence-corrected chi connectivity index (χ2v) is 3.74. The van der Waals surface area contributed by atoms with Gasteiger partial charge in [-0.3, -0.25) is 4.68 Å². The van der Waals surface area contributed by atoms with E-state index in [9.17, 15) is 0 Å². The third-order valence-electron chi connectivity index (χ3n) is 2.19. The van der Waals surface area contributed by atoms with E-state index in [0.717, 1.165) is 18.5 Å². The number of hydrogen-bond donors (Lipinski definition) is 1. The summed E-state index contributed by atoms with van der Waals surface area (Å²) in [5, 5.41) is 7.84. The highest BCUT2D eigenvalue weighted by Gasteiger charge is 2.06. The molecule has 0 spiro atoms. The summed E-state index contributed by atoms with van der Waals surface area (Å²) >= 11 is 0. The van der Waals surface area contributed by atoms with Crippen molar-refractivity contribution in [2.75, 3.05) is 26.9 Å². The van der Waals surface area contributed by atoms with Gasteiger partial charge < -0.3 is 15.2 Å². The zero-order valence-corrected chi connectivity index (χ0v) is 9.93. The average molecular weight is 228 g/mol. The maximum Gasteiger partial charge on any atom is 0.0842 e. The van der Waals surface area contributed by atoms with Crippen molar-refractivity contribution in [3.63, 3.8) is 0 Å². The molecule has 1 rings (SSSR count). The van der Waals surface area contributed by atoms with E-state index in [1.807, 2.05) is 13.2 Å². The highest BCUT2D eigenvalue weighted by Crippen LogP contribution is 2.00. The largest absolute Gasteiger partial charge is 0.382 e. The summed E-state index contributed by atoms with van der Waals surface area (Å²) in [6, 6.07) is 0.0687. The van der Waals surface area contributed by atoms with E-state index in [1.165, 1.54) is 0 Å². The summed E-state index contributed by atoms with van der Waals surface area (Å²) in [5.41, 5.74) is 6.86. The molecule has 0 aliphatic heterocycles. The summed E-state index contributed by atoms with van der Waals surface area (Å²) in [7, 11) is 3.50. The van der Waals surface area contributed by atoms with Gasteiger partial charge in [-0.25, -0.2) is 0 Å². The number of aromatic nitrogens is 3. The lowest BCUT2D eigenvalue weighted by molar-refractivity contribution is 0.0672. The van der Waals surface area contributed by atoms with Gasteiger partial charge in [0.25, 0.3) is 0 Å². The van der Waals surface area contributed by atoms with Gasteiger partial charge in [-0.1, -0.05) is 5.21 Å². The first-order chi connectivity index (χ1) is 7.72. The minimum atomic E-state index is 0.0687. The van der Waals surface area contributed by atoms with Crippen molar-refractivity contribution >= 4 is 0 Å². The molecule has 92 valence electrons. The third-order valence-corrected chi connectivity index (χ3v) is 2.19. The number of methoxy groups -OCH3 is 1. The van der Waals surface area contributed by atoms with E-state index in [0.29, 0.717) is 19.8 Å². The van der Waals surface area contributed by atoms with Crippen molar-refractivity contribution < 1.29 is 9.47 Å². The Labute approximate surface area is 95.7 Å². The lowest BCUT2D eigenvalue weighted by atomic mass is 10.1. The molecule has 1 aromatic heterocycles. The Kier molecular flexibility index (Phi) is 5.99. The van der Waals surface area contributed by atoms with Crippen LogP contribution in [0.4, 0.5) is 0 Å². The van der Waals surface area contributed by atoms with Gasteiger partial charge in [-0.15, -0.1) is 5.10 Å². The molecule has 1 heterocycles. The predicted molar refractivity (Wildman–Crippen MR) is 60.0 cm³/mol. The molecular weight excluding hydrogens is 208 g/mol. The molecule has 0 saturated carbocycles. The molecule has 6 heteroatoms. The standard InChI is InChI=1S/C10H20N4O2/c1-14-8-10(12-13-14)7-9(11)3-4-16-6-5-15-2/h8-9H,3-7,11H2,1-2H3. The molecule has 16 heavy (non-hydrogen) atoms. The third kappa shape index (κ3) is 5.20. The molecule has 0 amide bonds. The van der Waals surface area contributed by atoms with Gasteiger partial charge >= 0.3 is 0 Å². The Bertz CT molecular complexity index is 290. The van der Waals surface area contributed by atoms with Gasteiger partial charge in [0.1, 0.15) is 0 Å². The molecule has 0 aliphatic carbocycles. The first kappa shape index (κ1) is 13.1. The molecule has 0 bridgehead atoms. The molecule has 1 unspecified atom stereocenters. The van der Waals surface area contributed by atoms with Gasteiger partial charge in [0, 0.05) is 39.4 Å². The highest BCUT2D eigenvalue weighted by atomic mass is 16.5. The van der Waals surface area contributed by atoms with Gasteiger partial charge in [0.2, 0.25) is 0 Å². The van der Waals surface area contributed by atoms with Crippen molar-refractivity contribution in [3.05, 3.63) is 11.9 Å². The second kappa shape index (κ2) is 7.32. The van der Waals surface area contributed by atoms with Crippen molar-refractivity contribution in [2.45, 2.75) is 18.9 Å². The van der Waals surface area contributed by atoms with Crippen LogP contribution in [0, 0.1) is 0 Å². The summed E-state index contributed by atoms with van der Waals surface area (Å²) in [5.74, 6) is 0. The van der Waals surface area contributed by atoms with Gasteiger partial charge in [0.05, 0.1) is 18.9 Å². The molecule has 1 atom stereocenters. The van der Waals surface area contributed by atoms with Gasteiger partial charge in [0.15, 0.2) is 0 Å². The SMILES string of the molecule is COCCOCCC(N)Cc1cn(C)nn1. The Morgan fingerprint density at radius 3 is 2.88 bits per heavy atom. The molecule has 1 aromatic rings. The lowest BCUT2D eigenvalue weighted by Crippen LogP contribution is -2.25. The minimum absolute atomic E-state index is 0.0687. The fraction of sp³-hybridized carbons (Fsp3) is 0.800. The van der Waals surface area contributed by atoms with Crippen LogP contribution < -0.4 is 5.73 Å². The number of nitrogens with zero attached hydrogens (tertiary/aromatic N) is 3. The van der Waals surface area contributed by atoms with E-state index in [1.54, 1.807) is 11.8 Å². The van der Waals surface area contributed by atoms with Crippen molar-refractivity contribution in [3.8, 4) is 0 Å². The monoisotopic (exact) mass is 228 g/mol. The Morgan fingerprint density at radius 1 is 1.44 bits per heavy atom. The van der Waals surface area contributed by atoms with E-state index in [4.69, 9.17) is 15.2 Å². The topological polar surface area (TPSA) is 75.2 Å². The number of rotatable bonds is 8. The Balaban J connectivity index is 2.09. The molecule has 0 saturated heterocycles. The summed E-state index contributed by atoms with van der Waals surface area (Å²) in [6.45, 7) is 1.90. The van der Waals surface area contributed by atoms with E-state index in [-0.39, 0.29) is 6.04 Å². The van der Waals surface area contributed by atoms with Crippen LogP contribution in [-0.4, -0.2) is 48.0 Å². The lowest BCUT2D eigenvalue weighted by Gasteiger charge is -2.09. The van der Waals surface area contributed by atoms with Crippen molar-refractivity contribution in [2.24, 2.45) is 12.8 Å². The average Bonchev–Trinajstić information content (AvgIpc) is 2.63. The van der Waals surface area contributed by atoms with Crippen LogP contribution in [0.2, 0.25) is 0 Å². The zero-order valence-electron chi connectivity index (χ0n) is 9.93. The highest BCUT2D eigenvalue weighted by molar-refractivity contribution is 4.94. The normalized spacial score (nSPS) is 12.9. The quantitative estimate of drug-likeness (QED) is 0.620. The predicted octanol–water partition coefficient (Wildman–Crippen LogP) is -0.262. The maximum atomic E-state index is 5.94. The van der Waals surface area contributed by atoms with E-state index >= 15 is 0 Å². The number of aryl methyl sites for hydroxylation is 1. The molecule has 0 aliphatic rings. The number of hydrogen-bond acceptors (Lipinski definition) is 5. The van der Waals surface area contributed by atoms with Crippen molar-refractivity contribution in [1.82, 2.24) is 15.0 Å². The van der Waals surface area contributed by atoms with Gasteiger partial charge in [-0.2, -0.15) is 0 Å². The maximum absolute atomic E-state index is 5.94. The van der Waals surface area contributed by atoms with Crippen LogP contribution in [-0.2, 0) is 22.9 Å². The van der Waals surface area contributed by atoms with Crippen LogP contribution in [0.15, 0.2) is 6.20 Å². The smallest absolute Gasteiger partial charge is 0.0842 e. The molecular formula is C10H20N4O2. The van der Waals surface area contributed by atoms with E-state index in [2.05, 4.69) is 10.3 Å². The first-order valence-corrected chi connectivity index (χ1v) is 5.40. The van der Waals surface area contributed by atoms with Crippen LogP contribution in [0.25, 0.3) is 0 Å². The number of ether oxygens (including phenoxy) is 2. The Hall–Kier alpha value is -0.980. The van der Waals surface area contributed by atoms with Crippen molar-refractivity contribution in [1.29, 1.82) is 0 Å². The fourth-order valence-corrected chi connectivity index (χ4v) is 1.34. The summed E-state index contributed by atoms with van der Waals surface area (Å²) in [6.07, 6.45) is 3.44. The van der Waals surface area contributed by atoms with Crippen LogP contribution in [0.5, 0.6) is 0 Å². The van der Waals surface area contributed by atoms with Crippen LogP contribution >= 0.6 is 0 Å². The molecule has 6 nitrogen and oxygen atoms in total. The number of nitrogens with two attached hydrogens (primary N) is 1. The Morgan fingerprint density at radius 2 is 2.25 bits per heavy atom. The first-order valence-electron chi connectivity index (χ1n) is 5.40. The molecule has 0 aromatic carbocycles. The fourth-order valence-electron chi connectivity index (χ4n) is 1.34. The van der Waals surface area contributed by atoms with Gasteiger partial charge in [-0.05, 0) is 6.42 Å². The zero-order chi connectivity index (χ0) is 11.8. The molecule has 0 fully saturated rings. The molecule has 0 radical (unpaired) electrons. The van der Waals surface area contributed by atoms with Crippen LogP contribution in [0.1, 0.15) is 12.1 Å². The summed E-state index contributed by atoms with van der Waals surface area (Å²) < 4.78 is 11.9. The minimum Gasteiger partial charge on any atom is -0.382 e. The second-order valence-electron chi connectivity index (χ2n) is 3.74. The summed E-state index contributed by atoms with van der Waals surface area (Å²) in [4.78, 5) is 0.